The van der Waals surface area contributed by atoms with Crippen LogP contribution in [0, 0.1) is 5.82 Å². The topological polar surface area (TPSA) is 112 Å². The van der Waals surface area contributed by atoms with Gasteiger partial charge >= 0.3 is 6.03 Å². The molecule has 0 saturated heterocycles. The molecule has 0 aliphatic rings. The minimum absolute atomic E-state index is 0.0473. The highest BCUT2D eigenvalue weighted by atomic mass is 32.1. The number of hydrogen-bond acceptors (Lipinski definition) is 5. The number of amides is 4. The Morgan fingerprint density at radius 1 is 1.03 bits per heavy atom. The number of benzene rings is 2. The number of anilines is 1. The molecule has 4 N–H and O–H groups in total. The minimum atomic E-state index is -0.881. The van der Waals surface area contributed by atoms with Gasteiger partial charge < -0.3 is 10.6 Å². The maximum atomic E-state index is 13.0. The minimum Gasteiger partial charge on any atom is -0.326 e. The van der Waals surface area contributed by atoms with Crippen LogP contribution in [0.5, 0.6) is 0 Å². The Hall–Kier alpha value is -3.79. The Bertz CT molecular complexity index is 1060. The van der Waals surface area contributed by atoms with Crippen molar-refractivity contribution in [2.75, 3.05) is 5.32 Å². The molecule has 0 aliphatic carbocycles. The predicted octanol–water partition coefficient (Wildman–Crippen LogP) is 2.85. The number of nitrogens with one attached hydrogen (secondary N) is 4. The number of rotatable bonds is 6. The molecule has 10 heteroatoms. The van der Waals surface area contributed by atoms with Gasteiger partial charge in [0.25, 0.3) is 5.91 Å². The lowest BCUT2D eigenvalue weighted by Crippen LogP contribution is -2.52. The molecule has 2 aromatic carbocycles. The molecular formula is C21H20FN5O3S. The molecule has 3 aromatic rings. The standard InChI is InChI=1S/C21H20FN5O3S/c1-13(23-21(30)25-16-5-3-2-4-6-16)19(29)27-26-18(28)11-17-12-31-20(24-17)14-7-9-15(22)10-8-14/h2-10,12-13H,11H2,1H3,(H,26,28)(H,27,29)(H2,23,25,30). The van der Waals surface area contributed by atoms with Crippen molar-refractivity contribution in [1.29, 1.82) is 0 Å². The number of carbonyl (C=O) groups is 3. The quantitative estimate of drug-likeness (QED) is 0.441. The number of aromatic nitrogens is 1. The second-order valence-corrected chi connectivity index (χ2v) is 7.41. The van der Waals surface area contributed by atoms with Gasteiger partial charge in [0.15, 0.2) is 0 Å². The summed E-state index contributed by atoms with van der Waals surface area (Å²) in [6.07, 6.45) is -0.0473. The number of hydrogen-bond donors (Lipinski definition) is 4. The Balaban J connectivity index is 1.43. The lowest BCUT2D eigenvalue weighted by Gasteiger charge is -2.15. The second kappa shape index (κ2) is 10.3. The number of nitrogens with zero attached hydrogens (tertiary/aromatic N) is 1. The SMILES string of the molecule is CC(NC(=O)Nc1ccccc1)C(=O)NNC(=O)Cc1csc(-c2ccc(F)cc2)n1. The van der Waals surface area contributed by atoms with E-state index in [0.29, 0.717) is 16.4 Å². The fourth-order valence-corrected chi connectivity index (χ4v) is 3.34. The van der Waals surface area contributed by atoms with E-state index < -0.39 is 23.9 Å². The van der Waals surface area contributed by atoms with E-state index >= 15 is 0 Å². The molecule has 160 valence electrons. The van der Waals surface area contributed by atoms with E-state index in [9.17, 15) is 18.8 Å². The Labute approximate surface area is 181 Å². The summed E-state index contributed by atoms with van der Waals surface area (Å²) < 4.78 is 13.0. The average molecular weight is 441 g/mol. The van der Waals surface area contributed by atoms with Crippen molar-refractivity contribution in [1.82, 2.24) is 21.2 Å². The molecule has 1 atom stereocenters. The van der Waals surface area contributed by atoms with E-state index in [2.05, 4.69) is 26.5 Å². The summed E-state index contributed by atoms with van der Waals surface area (Å²) >= 11 is 1.33. The number of hydrazine groups is 1. The largest absolute Gasteiger partial charge is 0.326 e. The van der Waals surface area contributed by atoms with Crippen LogP contribution < -0.4 is 21.5 Å². The third kappa shape index (κ3) is 6.61. The highest BCUT2D eigenvalue weighted by Crippen LogP contribution is 2.24. The molecule has 1 unspecified atom stereocenters. The molecule has 0 radical (unpaired) electrons. The zero-order valence-electron chi connectivity index (χ0n) is 16.5. The third-order valence-corrected chi connectivity index (χ3v) is 5.02. The van der Waals surface area contributed by atoms with Crippen molar-refractivity contribution in [3.05, 3.63) is 71.5 Å². The van der Waals surface area contributed by atoms with Gasteiger partial charge in [0.05, 0.1) is 12.1 Å². The molecule has 8 nitrogen and oxygen atoms in total. The first kappa shape index (κ1) is 21.9. The monoisotopic (exact) mass is 441 g/mol. The molecule has 0 bridgehead atoms. The van der Waals surface area contributed by atoms with Gasteiger partial charge in [0.1, 0.15) is 16.9 Å². The third-order valence-electron chi connectivity index (χ3n) is 4.08. The molecular weight excluding hydrogens is 421 g/mol. The van der Waals surface area contributed by atoms with E-state index in [4.69, 9.17) is 0 Å². The first-order valence-electron chi connectivity index (χ1n) is 9.32. The van der Waals surface area contributed by atoms with Crippen LogP contribution in [0.25, 0.3) is 10.6 Å². The molecule has 0 spiro atoms. The van der Waals surface area contributed by atoms with Crippen LogP contribution in [0.2, 0.25) is 0 Å². The van der Waals surface area contributed by atoms with Gasteiger partial charge in [-0.1, -0.05) is 18.2 Å². The molecule has 0 fully saturated rings. The number of para-hydroxylation sites is 1. The van der Waals surface area contributed by atoms with Gasteiger partial charge in [-0.2, -0.15) is 0 Å². The molecule has 0 aliphatic heterocycles. The van der Waals surface area contributed by atoms with Gasteiger partial charge in [0.2, 0.25) is 5.91 Å². The van der Waals surface area contributed by atoms with Crippen molar-refractivity contribution in [2.45, 2.75) is 19.4 Å². The summed E-state index contributed by atoms with van der Waals surface area (Å²) in [5.41, 5.74) is 6.42. The Morgan fingerprint density at radius 2 is 1.74 bits per heavy atom. The smallest absolute Gasteiger partial charge is 0.319 e. The zero-order chi connectivity index (χ0) is 22.2. The predicted molar refractivity (Wildman–Crippen MR) is 116 cm³/mol. The first-order valence-corrected chi connectivity index (χ1v) is 10.2. The van der Waals surface area contributed by atoms with Crippen LogP contribution in [-0.2, 0) is 16.0 Å². The summed E-state index contributed by atoms with van der Waals surface area (Å²) in [6, 6.07) is 13.3. The number of halogens is 1. The normalized spacial score (nSPS) is 11.3. The zero-order valence-corrected chi connectivity index (χ0v) is 17.3. The van der Waals surface area contributed by atoms with Gasteiger partial charge in [-0.25, -0.2) is 14.2 Å². The van der Waals surface area contributed by atoms with Crippen LogP contribution >= 0.6 is 11.3 Å². The molecule has 3 rings (SSSR count). The fraction of sp³-hybridized carbons (Fsp3) is 0.143. The van der Waals surface area contributed by atoms with E-state index in [-0.39, 0.29) is 12.2 Å². The molecule has 31 heavy (non-hydrogen) atoms. The molecule has 1 aromatic heterocycles. The second-order valence-electron chi connectivity index (χ2n) is 6.55. The van der Waals surface area contributed by atoms with Crippen molar-refractivity contribution < 1.29 is 18.8 Å². The Kier molecular flexibility index (Phi) is 7.28. The van der Waals surface area contributed by atoms with Crippen molar-refractivity contribution in [3.8, 4) is 10.6 Å². The number of thiazole rings is 1. The molecule has 0 saturated carbocycles. The van der Waals surface area contributed by atoms with E-state index in [1.165, 1.54) is 30.4 Å². The summed E-state index contributed by atoms with van der Waals surface area (Å²) in [6.45, 7) is 1.49. The maximum absolute atomic E-state index is 13.0. The van der Waals surface area contributed by atoms with Crippen LogP contribution in [-0.4, -0.2) is 28.9 Å². The summed E-state index contributed by atoms with van der Waals surface area (Å²) in [5.74, 6) is -1.39. The summed E-state index contributed by atoms with van der Waals surface area (Å²) in [4.78, 5) is 40.5. The lowest BCUT2D eigenvalue weighted by molar-refractivity contribution is -0.129. The van der Waals surface area contributed by atoms with Gasteiger partial charge in [0, 0.05) is 16.6 Å². The Morgan fingerprint density at radius 3 is 2.45 bits per heavy atom. The first-order chi connectivity index (χ1) is 14.9. The number of urea groups is 1. The highest BCUT2D eigenvalue weighted by Gasteiger charge is 2.17. The maximum Gasteiger partial charge on any atom is 0.319 e. The van der Waals surface area contributed by atoms with Crippen LogP contribution in [0.3, 0.4) is 0 Å². The van der Waals surface area contributed by atoms with Crippen molar-refractivity contribution in [2.24, 2.45) is 0 Å². The van der Waals surface area contributed by atoms with Crippen LogP contribution in [0.15, 0.2) is 60.0 Å². The van der Waals surface area contributed by atoms with Gasteiger partial charge in [-0.3, -0.25) is 20.4 Å². The average Bonchev–Trinajstić information content (AvgIpc) is 3.21. The summed E-state index contributed by atoms with van der Waals surface area (Å²) in [7, 11) is 0. The molecule has 1 heterocycles. The van der Waals surface area contributed by atoms with Crippen molar-refractivity contribution >= 4 is 34.9 Å². The van der Waals surface area contributed by atoms with Crippen LogP contribution in [0.1, 0.15) is 12.6 Å². The van der Waals surface area contributed by atoms with Crippen molar-refractivity contribution in [3.63, 3.8) is 0 Å². The van der Waals surface area contributed by atoms with Gasteiger partial charge in [-0.05, 0) is 43.3 Å². The summed E-state index contributed by atoms with van der Waals surface area (Å²) in [5, 5.41) is 7.46. The van der Waals surface area contributed by atoms with E-state index in [0.717, 1.165) is 5.56 Å². The highest BCUT2D eigenvalue weighted by molar-refractivity contribution is 7.13. The fourth-order valence-electron chi connectivity index (χ4n) is 2.51. The number of carbonyl (C=O) groups excluding carboxylic acids is 3. The lowest BCUT2D eigenvalue weighted by atomic mass is 10.2. The van der Waals surface area contributed by atoms with Gasteiger partial charge in [-0.15, -0.1) is 11.3 Å². The van der Waals surface area contributed by atoms with E-state index in [1.54, 1.807) is 41.8 Å². The molecule has 4 amide bonds. The van der Waals surface area contributed by atoms with Crippen LogP contribution in [0.4, 0.5) is 14.9 Å². The van der Waals surface area contributed by atoms with E-state index in [1.807, 2.05) is 6.07 Å².